The van der Waals surface area contributed by atoms with Gasteiger partial charge in [0.1, 0.15) is 11.5 Å². The Kier molecular flexibility index (Phi) is 4.66. The van der Waals surface area contributed by atoms with Crippen LogP contribution < -0.4 is 9.80 Å². The zero-order valence-electron chi connectivity index (χ0n) is 16.0. The molecular weight excluding hydrogens is 370 g/mol. The van der Waals surface area contributed by atoms with Crippen molar-refractivity contribution >= 4 is 23.1 Å². The maximum Gasteiger partial charge on any atom is 0.225 e. The molecule has 0 saturated carbocycles. The summed E-state index contributed by atoms with van der Waals surface area (Å²) in [5, 5.41) is 2.07. The fraction of sp³-hybridized carbons (Fsp3) is 0.400. The van der Waals surface area contributed by atoms with Crippen LogP contribution in [0.1, 0.15) is 11.3 Å². The number of hydrogen-bond acceptors (Lipinski definition) is 8. The van der Waals surface area contributed by atoms with E-state index in [1.165, 1.54) is 11.3 Å². The standard InChI is InChI=1S/C20H23N7S/c1-25-6-8-26(9-7-25)20-22-11-15-14-27(5-4-16(15)24-20)19-13-21-12-17(23-19)18-3-2-10-28-18/h2-3,10-13H,4-9,14H2,1H3. The molecule has 0 unspecified atom stereocenters. The van der Waals surface area contributed by atoms with Crippen LogP contribution in [0.2, 0.25) is 0 Å². The second-order valence-corrected chi connectivity index (χ2v) is 8.29. The topological polar surface area (TPSA) is 61.3 Å². The lowest BCUT2D eigenvalue weighted by molar-refractivity contribution is 0.311. The van der Waals surface area contributed by atoms with E-state index >= 15 is 0 Å². The van der Waals surface area contributed by atoms with E-state index in [1.807, 2.05) is 24.7 Å². The monoisotopic (exact) mass is 393 g/mol. The Labute approximate surface area is 168 Å². The maximum absolute atomic E-state index is 4.88. The largest absolute Gasteiger partial charge is 0.350 e. The molecule has 5 heterocycles. The van der Waals surface area contributed by atoms with Gasteiger partial charge < -0.3 is 14.7 Å². The summed E-state index contributed by atoms with van der Waals surface area (Å²) in [4.78, 5) is 26.8. The molecule has 3 aromatic heterocycles. The van der Waals surface area contributed by atoms with Crippen molar-refractivity contribution < 1.29 is 0 Å². The van der Waals surface area contributed by atoms with Gasteiger partial charge in [0.05, 0.1) is 23.0 Å². The summed E-state index contributed by atoms with van der Waals surface area (Å²) < 4.78 is 0. The minimum absolute atomic E-state index is 0.779. The van der Waals surface area contributed by atoms with Crippen molar-refractivity contribution in [3.8, 4) is 10.6 Å². The van der Waals surface area contributed by atoms with Crippen molar-refractivity contribution in [1.29, 1.82) is 0 Å². The molecule has 7 nitrogen and oxygen atoms in total. The number of fused-ring (bicyclic) bond motifs is 1. The summed E-state index contributed by atoms with van der Waals surface area (Å²) in [5.41, 5.74) is 3.29. The molecule has 0 amide bonds. The molecule has 2 aliphatic rings. The number of thiophene rings is 1. The third kappa shape index (κ3) is 3.45. The Bertz CT molecular complexity index is 951. The molecule has 144 valence electrons. The predicted molar refractivity (Wildman–Crippen MR) is 112 cm³/mol. The van der Waals surface area contributed by atoms with Crippen LogP contribution in [0.15, 0.2) is 36.1 Å². The Morgan fingerprint density at radius 1 is 0.964 bits per heavy atom. The normalized spacial score (nSPS) is 17.6. The van der Waals surface area contributed by atoms with Gasteiger partial charge in [-0.25, -0.2) is 15.0 Å². The Morgan fingerprint density at radius 3 is 2.68 bits per heavy atom. The van der Waals surface area contributed by atoms with Crippen molar-refractivity contribution in [1.82, 2.24) is 24.8 Å². The molecule has 0 atom stereocenters. The van der Waals surface area contributed by atoms with E-state index in [0.29, 0.717) is 0 Å². The number of hydrogen-bond donors (Lipinski definition) is 0. The van der Waals surface area contributed by atoms with E-state index in [0.717, 1.165) is 68.0 Å². The molecule has 8 heteroatoms. The number of aromatic nitrogens is 4. The lowest BCUT2D eigenvalue weighted by Gasteiger charge is -2.33. The highest BCUT2D eigenvalue weighted by Crippen LogP contribution is 2.27. The van der Waals surface area contributed by atoms with Crippen LogP contribution in [0.5, 0.6) is 0 Å². The van der Waals surface area contributed by atoms with Crippen LogP contribution in [-0.4, -0.2) is 64.6 Å². The van der Waals surface area contributed by atoms with Gasteiger partial charge in [0, 0.05) is 57.4 Å². The fourth-order valence-electron chi connectivity index (χ4n) is 3.71. The molecule has 0 spiro atoms. The van der Waals surface area contributed by atoms with Crippen molar-refractivity contribution in [2.75, 3.05) is 49.6 Å². The summed E-state index contributed by atoms with van der Waals surface area (Å²) in [5.74, 6) is 1.79. The highest BCUT2D eigenvalue weighted by molar-refractivity contribution is 7.13. The Hall–Kier alpha value is -2.58. The molecule has 0 bridgehead atoms. The van der Waals surface area contributed by atoms with Crippen LogP contribution in [0.3, 0.4) is 0 Å². The molecule has 28 heavy (non-hydrogen) atoms. The van der Waals surface area contributed by atoms with Crippen LogP contribution >= 0.6 is 11.3 Å². The van der Waals surface area contributed by atoms with E-state index < -0.39 is 0 Å². The van der Waals surface area contributed by atoms with Crippen LogP contribution in [-0.2, 0) is 13.0 Å². The molecule has 0 aromatic carbocycles. The van der Waals surface area contributed by atoms with E-state index in [-0.39, 0.29) is 0 Å². The van der Waals surface area contributed by atoms with Gasteiger partial charge in [0.15, 0.2) is 0 Å². The van der Waals surface area contributed by atoms with Gasteiger partial charge in [-0.05, 0) is 18.5 Å². The zero-order chi connectivity index (χ0) is 18.9. The first-order valence-corrected chi connectivity index (χ1v) is 10.5. The third-order valence-electron chi connectivity index (χ3n) is 5.43. The summed E-state index contributed by atoms with van der Waals surface area (Å²) >= 11 is 1.69. The lowest BCUT2D eigenvalue weighted by atomic mass is 10.1. The molecule has 3 aromatic rings. The van der Waals surface area contributed by atoms with Crippen LogP contribution in [0.4, 0.5) is 11.8 Å². The minimum Gasteiger partial charge on any atom is -0.350 e. The van der Waals surface area contributed by atoms with Gasteiger partial charge in [0.2, 0.25) is 5.95 Å². The van der Waals surface area contributed by atoms with Crippen LogP contribution in [0.25, 0.3) is 10.6 Å². The summed E-state index contributed by atoms with van der Waals surface area (Å²) in [6, 6.07) is 4.12. The Morgan fingerprint density at radius 2 is 1.86 bits per heavy atom. The average molecular weight is 394 g/mol. The van der Waals surface area contributed by atoms with Gasteiger partial charge >= 0.3 is 0 Å². The number of rotatable bonds is 3. The number of piperazine rings is 1. The van der Waals surface area contributed by atoms with Crippen molar-refractivity contribution in [3.63, 3.8) is 0 Å². The van der Waals surface area contributed by atoms with Crippen LogP contribution in [0, 0.1) is 0 Å². The molecule has 0 radical (unpaired) electrons. The van der Waals surface area contributed by atoms with E-state index in [1.54, 1.807) is 11.3 Å². The lowest BCUT2D eigenvalue weighted by Crippen LogP contribution is -2.45. The van der Waals surface area contributed by atoms with Crippen molar-refractivity contribution in [3.05, 3.63) is 47.4 Å². The SMILES string of the molecule is CN1CCN(c2ncc3c(n2)CCN(c2cncc(-c4cccs4)n2)C3)CC1. The van der Waals surface area contributed by atoms with E-state index in [4.69, 9.17) is 9.97 Å². The van der Waals surface area contributed by atoms with Gasteiger partial charge in [-0.3, -0.25) is 4.98 Å². The maximum atomic E-state index is 4.88. The highest BCUT2D eigenvalue weighted by atomic mass is 32.1. The zero-order valence-corrected chi connectivity index (χ0v) is 16.8. The molecular formula is C20H23N7S. The summed E-state index contributed by atoms with van der Waals surface area (Å²) in [7, 11) is 2.16. The quantitative estimate of drug-likeness (QED) is 0.677. The second kappa shape index (κ2) is 7.44. The van der Waals surface area contributed by atoms with Gasteiger partial charge in [-0.2, -0.15) is 0 Å². The Balaban J connectivity index is 1.34. The molecule has 1 fully saturated rings. The fourth-order valence-corrected chi connectivity index (χ4v) is 4.39. The van der Waals surface area contributed by atoms with E-state index in [2.05, 4.69) is 43.2 Å². The first-order valence-electron chi connectivity index (χ1n) is 9.65. The van der Waals surface area contributed by atoms with Crippen molar-refractivity contribution in [2.45, 2.75) is 13.0 Å². The van der Waals surface area contributed by atoms with E-state index in [9.17, 15) is 0 Å². The smallest absolute Gasteiger partial charge is 0.225 e. The first-order chi connectivity index (χ1) is 13.8. The number of nitrogens with zero attached hydrogens (tertiary/aromatic N) is 7. The average Bonchev–Trinajstić information content (AvgIpc) is 3.29. The van der Waals surface area contributed by atoms with Crippen molar-refractivity contribution in [2.24, 2.45) is 0 Å². The third-order valence-corrected chi connectivity index (χ3v) is 6.32. The minimum atomic E-state index is 0.779. The van der Waals surface area contributed by atoms with Gasteiger partial charge in [-0.1, -0.05) is 6.07 Å². The summed E-state index contributed by atoms with van der Waals surface area (Å²) in [6.07, 6.45) is 6.59. The van der Waals surface area contributed by atoms with Gasteiger partial charge in [0.25, 0.3) is 0 Å². The molecule has 1 saturated heterocycles. The number of likely N-dealkylation sites (N-methyl/N-ethyl adjacent to an activating group) is 1. The second-order valence-electron chi connectivity index (χ2n) is 7.34. The predicted octanol–water partition coefficient (Wildman–Crippen LogP) is 2.31. The molecule has 0 N–H and O–H groups in total. The summed E-state index contributed by atoms with van der Waals surface area (Å²) in [6.45, 7) is 5.79. The first kappa shape index (κ1) is 17.5. The molecule has 0 aliphatic carbocycles. The molecule has 2 aliphatic heterocycles. The van der Waals surface area contributed by atoms with Gasteiger partial charge in [-0.15, -0.1) is 11.3 Å². The molecule has 5 rings (SSSR count). The number of anilines is 2. The highest BCUT2D eigenvalue weighted by Gasteiger charge is 2.23.